The number of rotatable bonds is 5. The lowest BCUT2D eigenvalue weighted by molar-refractivity contribution is 0.610. The van der Waals surface area contributed by atoms with Crippen molar-refractivity contribution in [2.45, 2.75) is 33.4 Å². The second-order valence-corrected chi connectivity index (χ2v) is 5.01. The first-order chi connectivity index (χ1) is 8.26. The van der Waals surface area contributed by atoms with Gasteiger partial charge < -0.3 is 9.88 Å². The van der Waals surface area contributed by atoms with Crippen molar-refractivity contribution >= 4 is 27.0 Å². The summed E-state index contributed by atoms with van der Waals surface area (Å²) in [5.41, 5.74) is 2.30. The Morgan fingerprint density at radius 3 is 2.88 bits per heavy atom. The quantitative estimate of drug-likeness (QED) is 0.917. The smallest absolute Gasteiger partial charge is 0.123 e. The summed E-state index contributed by atoms with van der Waals surface area (Å²) in [6.07, 6.45) is 1.13. The minimum atomic E-state index is 0.836. The van der Waals surface area contributed by atoms with Crippen molar-refractivity contribution < 1.29 is 0 Å². The van der Waals surface area contributed by atoms with Gasteiger partial charge in [-0.05, 0) is 31.2 Å². The van der Waals surface area contributed by atoms with Crippen LogP contribution in [-0.4, -0.2) is 16.1 Å². The summed E-state index contributed by atoms with van der Waals surface area (Å²) in [5, 5.41) is 3.34. The van der Waals surface area contributed by atoms with Gasteiger partial charge in [-0.25, -0.2) is 4.98 Å². The van der Waals surface area contributed by atoms with Crippen molar-refractivity contribution in [1.82, 2.24) is 14.9 Å². The van der Waals surface area contributed by atoms with Crippen LogP contribution in [0.25, 0.3) is 11.0 Å². The molecule has 0 fully saturated rings. The lowest BCUT2D eigenvalue weighted by atomic mass is 10.3. The molecule has 0 bridgehead atoms. The van der Waals surface area contributed by atoms with Crippen molar-refractivity contribution in [2.24, 2.45) is 0 Å². The van der Waals surface area contributed by atoms with Crippen LogP contribution in [0.15, 0.2) is 22.7 Å². The van der Waals surface area contributed by atoms with Gasteiger partial charge in [0.15, 0.2) is 0 Å². The summed E-state index contributed by atoms with van der Waals surface area (Å²) in [5.74, 6) is 1.13. The van der Waals surface area contributed by atoms with Crippen molar-refractivity contribution in [2.75, 3.05) is 6.54 Å². The molecule has 0 aliphatic heterocycles. The molecule has 0 saturated carbocycles. The predicted molar refractivity (Wildman–Crippen MR) is 75.1 cm³/mol. The molecule has 2 aromatic rings. The van der Waals surface area contributed by atoms with Crippen LogP contribution in [0.2, 0.25) is 0 Å². The number of nitrogens with zero attached hydrogens (tertiary/aromatic N) is 2. The van der Waals surface area contributed by atoms with E-state index in [0.29, 0.717) is 0 Å². The van der Waals surface area contributed by atoms with E-state index in [2.05, 4.69) is 57.9 Å². The maximum absolute atomic E-state index is 4.70. The Bertz CT molecular complexity index is 505. The van der Waals surface area contributed by atoms with Gasteiger partial charge in [0, 0.05) is 11.0 Å². The number of fused-ring (bicyclic) bond motifs is 1. The zero-order valence-corrected chi connectivity index (χ0v) is 11.9. The van der Waals surface area contributed by atoms with Gasteiger partial charge in [0.1, 0.15) is 5.82 Å². The monoisotopic (exact) mass is 295 g/mol. The summed E-state index contributed by atoms with van der Waals surface area (Å²) in [6.45, 7) is 7.14. The van der Waals surface area contributed by atoms with Crippen LogP contribution in [0.5, 0.6) is 0 Å². The summed E-state index contributed by atoms with van der Waals surface area (Å²) in [4.78, 5) is 4.70. The van der Waals surface area contributed by atoms with E-state index in [9.17, 15) is 0 Å². The highest BCUT2D eigenvalue weighted by Gasteiger charge is 2.09. The highest BCUT2D eigenvalue weighted by Crippen LogP contribution is 2.21. The van der Waals surface area contributed by atoms with Gasteiger partial charge in [0.2, 0.25) is 0 Å². The lowest BCUT2D eigenvalue weighted by Gasteiger charge is -2.07. The lowest BCUT2D eigenvalue weighted by Crippen LogP contribution is -2.16. The molecule has 0 spiro atoms. The average molecular weight is 296 g/mol. The molecule has 2 rings (SSSR count). The number of hydrogen-bond acceptors (Lipinski definition) is 2. The van der Waals surface area contributed by atoms with Gasteiger partial charge in [-0.2, -0.15) is 0 Å². The summed E-state index contributed by atoms with van der Waals surface area (Å²) < 4.78 is 3.39. The maximum Gasteiger partial charge on any atom is 0.123 e. The van der Waals surface area contributed by atoms with Crippen molar-refractivity contribution in [3.8, 4) is 0 Å². The van der Waals surface area contributed by atoms with Crippen LogP contribution in [0, 0.1) is 0 Å². The highest BCUT2D eigenvalue weighted by molar-refractivity contribution is 9.10. The molecule has 0 saturated heterocycles. The summed E-state index contributed by atoms with van der Waals surface area (Å²) >= 11 is 3.49. The minimum Gasteiger partial charge on any atom is -0.327 e. The molecule has 0 unspecified atom stereocenters. The summed E-state index contributed by atoms with van der Waals surface area (Å²) in [6, 6.07) is 6.29. The molecular formula is C13H18BrN3. The van der Waals surface area contributed by atoms with E-state index in [-0.39, 0.29) is 0 Å². The number of halogens is 1. The fourth-order valence-electron chi connectivity index (χ4n) is 2.00. The molecule has 0 amide bonds. The number of benzene rings is 1. The Morgan fingerprint density at radius 2 is 2.18 bits per heavy atom. The number of aromatic nitrogens is 2. The molecule has 0 aliphatic rings. The molecule has 1 aromatic carbocycles. The van der Waals surface area contributed by atoms with Crippen molar-refractivity contribution in [1.29, 1.82) is 0 Å². The van der Waals surface area contributed by atoms with Gasteiger partial charge in [-0.1, -0.05) is 29.8 Å². The van der Waals surface area contributed by atoms with Crippen molar-refractivity contribution in [3.05, 3.63) is 28.5 Å². The van der Waals surface area contributed by atoms with Gasteiger partial charge in [0.25, 0.3) is 0 Å². The second-order valence-electron chi connectivity index (χ2n) is 4.09. The van der Waals surface area contributed by atoms with Gasteiger partial charge >= 0.3 is 0 Å². The largest absolute Gasteiger partial charge is 0.327 e. The van der Waals surface area contributed by atoms with Crippen LogP contribution in [0.3, 0.4) is 0 Å². The van der Waals surface area contributed by atoms with Gasteiger partial charge in [0.05, 0.1) is 17.6 Å². The molecule has 0 aliphatic carbocycles. The van der Waals surface area contributed by atoms with E-state index in [1.807, 2.05) is 0 Å². The van der Waals surface area contributed by atoms with E-state index in [4.69, 9.17) is 4.98 Å². The minimum absolute atomic E-state index is 0.836. The predicted octanol–water partition coefficient (Wildman–Crippen LogP) is 3.32. The standard InChI is InChI=1S/C13H18BrN3/c1-3-7-17-12-6-5-10(14)8-11(12)16-13(17)9-15-4-2/h5-6,8,15H,3-4,7,9H2,1-2H3. The second kappa shape index (κ2) is 5.65. The Morgan fingerprint density at radius 1 is 1.35 bits per heavy atom. The van der Waals surface area contributed by atoms with E-state index in [1.165, 1.54) is 5.52 Å². The maximum atomic E-state index is 4.70. The molecule has 0 radical (unpaired) electrons. The van der Waals surface area contributed by atoms with Crippen LogP contribution in [0.4, 0.5) is 0 Å². The van der Waals surface area contributed by atoms with Crippen LogP contribution < -0.4 is 5.32 Å². The fourth-order valence-corrected chi connectivity index (χ4v) is 2.35. The first kappa shape index (κ1) is 12.6. The SMILES string of the molecule is CCCn1c(CNCC)nc2cc(Br)ccc21. The molecule has 92 valence electrons. The fraction of sp³-hybridized carbons (Fsp3) is 0.462. The molecular weight excluding hydrogens is 278 g/mol. The Hall–Kier alpha value is -0.870. The average Bonchev–Trinajstić information content (AvgIpc) is 2.64. The number of hydrogen-bond donors (Lipinski definition) is 1. The summed E-state index contributed by atoms with van der Waals surface area (Å²) in [7, 11) is 0. The molecule has 1 heterocycles. The molecule has 1 N–H and O–H groups in total. The molecule has 3 nitrogen and oxygen atoms in total. The third-order valence-electron chi connectivity index (χ3n) is 2.77. The zero-order chi connectivity index (χ0) is 12.3. The first-order valence-electron chi connectivity index (χ1n) is 6.11. The zero-order valence-electron chi connectivity index (χ0n) is 10.3. The van der Waals surface area contributed by atoms with E-state index in [1.54, 1.807) is 0 Å². The highest BCUT2D eigenvalue weighted by atomic mass is 79.9. The van der Waals surface area contributed by atoms with Gasteiger partial charge in [-0.15, -0.1) is 0 Å². The van der Waals surface area contributed by atoms with Crippen LogP contribution in [-0.2, 0) is 13.1 Å². The number of aryl methyl sites for hydroxylation is 1. The first-order valence-corrected chi connectivity index (χ1v) is 6.91. The number of nitrogens with one attached hydrogen (secondary N) is 1. The third-order valence-corrected chi connectivity index (χ3v) is 3.26. The van der Waals surface area contributed by atoms with Crippen LogP contribution in [0.1, 0.15) is 26.1 Å². The molecule has 4 heteroatoms. The Balaban J connectivity index is 2.45. The normalized spacial score (nSPS) is 11.2. The van der Waals surface area contributed by atoms with E-state index >= 15 is 0 Å². The van der Waals surface area contributed by atoms with E-state index in [0.717, 1.165) is 41.9 Å². The Kier molecular flexibility index (Phi) is 4.18. The molecule has 17 heavy (non-hydrogen) atoms. The number of imidazole rings is 1. The molecule has 1 aromatic heterocycles. The van der Waals surface area contributed by atoms with Crippen LogP contribution >= 0.6 is 15.9 Å². The third kappa shape index (κ3) is 2.69. The van der Waals surface area contributed by atoms with Crippen molar-refractivity contribution in [3.63, 3.8) is 0 Å². The van der Waals surface area contributed by atoms with E-state index < -0.39 is 0 Å². The molecule has 0 atom stereocenters. The van der Waals surface area contributed by atoms with Gasteiger partial charge in [-0.3, -0.25) is 0 Å². The Labute approximate surface area is 110 Å². The topological polar surface area (TPSA) is 29.9 Å².